The Morgan fingerprint density at radius 3 is 2.28 bits per heavy atom. The van der Waals surface area contributed by atoms with Crippen molar-refractivity contribution in [2.75, 3.05) is 5.75 Å². The zero-order valence-corrected chi connectivity index (χ0v) is 10.7. The van der Waals surface area contributed by atoms with E-state index < -0.39 is 18.1 Å². The summed E-state index contributed by atoms with van der Waals surface area (Å²) >= 11 is 0.947. The molecule has 4 N–H and O–H groups in total. The van der Waals surface area contributed by atoms with Crippen LogP contribution in [0.1, 0.15) is 28.9 Å². The van der Waals surface area contributed by atoms with Crippen LogP contribution in [0.4, 0.5) is 0 Å². The number of aliphatic hydroxyl groups is 2. The number of benzene rings is 1. The van der Waals surface area contributed by atoms with E-state index in [-0.39, 0.29) is 10.9 Å². The lowest BCUT2D eigenvalue weighted by molar-refractivity contribution is -0.109. The number of rotatable bonds is 5. The van der Waals surface area contributed by atoms with Crippen molar-refractivity contribution in [1.82, 2.24) is 0 Å². The van der Waals surface area contributed by atoms with Crippen molar-refractivity contribution in [2.24, 2.45) is 5.73 Å². The van der Waals surface area contributed by atoms with Gasteiger partial charge in [-0.15, -0.1) is 0 Å². The maximum Gasteiger partial charge on any atom is 0.248 e. The van der Waals surface area contributed by atoms with Crippen LogP contribution in [-0.4, -0.2) is 33.1 Å². The fraction of sp³-hybridized carbons (Fsp3) is 0.333. The maximum atomic E-state index is 10.9. The highest BCUT2D eigenvalue weighted by molar-refractivity contribution is 8.13. The normalized spacial score (nSPS) is 13.9. The highest BCUT2D eigenvalue weighted by Gasteiger charge is 2.19. The van der Waals surface area contributed by atoms with E-state index >= 15 is 0 Å². The SMILES string of the molecule is CC(=O)SCC(O)C(O)c1ccc(C(N)=O)cc1. The Labute approximate surface area is 109 Å². The summed E-state index contributed by atoms with van der Waals surface area (Å²) in [6, 6.07) is 6.00. The molecule has 18 heavy (non-hydrogen) atoms. The number of hydrogen-bond acceptors (Lipinski definition) is 5. The van der Waals surface area contributed by atoms with Gasteiger partial charge in [0.1, 0.15) is 6.10 Å². The third-order valence-corrected chi connectivity index (χ3v) is 3.27. The molecule has 0 aliphatic carbocycles. The second kappa shape index (κ2) is 6.53. The van der Waals surface area contributed by atoms with Gasteiger partial charge in [-0.1, -0.05) is 23.9 Å². The first-order valence-corrected chi connectivity index (χ1v) is 6.29. The molecule has 0 radical (unpaired) electrons. The Balaban J connectivity index is 2.68. The number of carbonyl (C=O) groups excluding carboxylic acids is 2. The Morgan fingerprint density at radius 2 is 1.83 bits per heavy atom. The van der Waals surface area contributed by atoms with Crippen LogP contribution in [0.15, 0.2) is 24.3 Å². The van der Waals surface area contributed by atoms with Crippen LogP contribution in [0.2, 0.25) is 0 Å². The van der Waals surface area contributed by atoms with Crippen molar-refractivity contribution in [3.8, 4) is 0 Å². The highest BCUT2D eigenvalue weighted by Crippen LogP contribution is 2.20. The second-order valence-electron chi connectivity index (χ2n) is 3.80. The molecule has 1 aromatic rings. The van der Waals surface area contributed by atoms with E-state index in [0.717, 1.165) is 11.8 Å². The van der Waals surface area contributed by atoms with Crippen LogP contribution in [0.25, 0.3) is 0 Å². The third-order valence-electron chi connectivity index (χ3n) is 2.36. The van der Waals surface area contributed by atoms with E-state index in [0.29, 0.717) is 11.1 Å². The predicted molar refractivity (Wildman–Crippen MR) is 69.1 cm³/mol. The molecule has 0 fully saturated rings. The van der Waals surface area contributed by atoms with E-state index in [2.05, 4.69) is 0 Å². The van der Waals surface area contributed by atoms with Gasteiger partial charge in [-0.05, 0) is 17.7 Å². The molecular weight excluding hydrogens is 254 g/mol. The standard InChI is InChI=1S/C12H15NO4S/c1-7(14)18-6-10(15)11(16)8-2-4-9(5-3-8)12(13)17/h2-5,10-11,15-16H,6H2,1H3,(H2,13,17). The Kier molecular flexibility index (Phi) is 5.33. The number of primary amides is 1. The van der Waals surface area contributed by atoms with E-state index in [1.165, 1.54) is 31.2 Å². The first-order chi connectivity index (χ1) is 8.41. The number of hydrogen-bond donors (Lipinski definition) is 3. The zero-order valence-electron chi connectivity index (χ0n) is 9.87. The van der Waals surface area contributed by atoms with Gasteiger partial charge in [0.15, 0.2) is 5.12 Å². The molecule has 0 saturated heterocycles. The van der Waals surface area contributed by atoms with Gasteiger partial charge in [-0.2, -0.15) is 0 Å². The number of aliphatic hydroxyl groups excluding tert-OH is 2. The van der Waals surface area contributed by atoms with Crippen molar-refractivity contribution >= 4 is 22.8 Å². The minimum atomic E-state index is -1.10. The van der Waals surface area contributed by atoms with E-state index in [4.69, 9.17) is 5.73 Å². The molecule has 0 saturated carbocycles. The van der Waals surface area contributed by atoms with Crippen molar-refractivity contribution in [1.29, 1.82) is 0 Å². The average molecular weight is 269 g/mol. The largest absolute Gasteiger partial charge is 0.389 e. The summed E-state index contributed by atoms with van der Waals surface area (Å²) in [5.41, 5.74) is 5.89. The molecule has 98 valence electrons. The molecular formula is C12H15NO4S. The summed E-state index contributed by atoms with van der Waals surface area (Å²) in [7, 11) is 0. The molecule has 6 heteroatoms. The molecule has 0 aromatic heterocycles. The van der Waals surface area contributed by atoms with E-state index in [1.807, 2.05) is 0 Å². The van der Waals surface area contributed by atoms with Gasteiger partial charge in [-0.25, -0.2) is 0 Å². The van der Waals surface area contributed by atoms with Gasteiger partial charge >= 0.3 is 0 Å². The number of carbonyl (C=O) groups is 2. The van der Waals surface area contributed by atoms with Crippen molar-refractivity contribution in [2.45, 2.75) is 19.1 Å². The quantitative estimate of drug-likeness (QED) is 0.721. The summed E-state index contributed by atoms with van der Waals surface area (Å²) in [5, 5.41) is 19.4. The summed E-state index contributed by atoms with van der Waals surface area (Å²) in [6.07, 6.45) is -2.14. The summed E-state index contributed by atoms with van der Waals surface area (Å²) in [4.78, 5) is 21.6. The topological polar surface area (TPSA) is 101 Å². The van der Waals surface area contributed by atoms with Crippen molar-refractivity contribution < 1.29 is 19.8 Å². The molecule has 0 heterocycles. The zero-order chi connectivity index (χ0) is 13.7. The van der Waals surface area contributed by atoms with Gasteiger partial charge in [-0.3, -0.25) is 9.59 Å². The lowest BCUT2D eigenvalue weighted by atomic mass is 10.0. The summed E-state index contributed by atoms with van der Waals surface area (Å²) < 4.78 is 0. The monoisotopic (exact) mass is 269 g/mol. The molecule has 2 unspecified atom stereocenters. The van der Waals surface area contributed by atoms with Crippen LogP contribution < -0.4 is 5.73 Å². The molecule has 1 amide bonds. The number of amides is 1. The lowest BCUT2D eigenvalue weighted by Gasteiger charge is -2.17. The molecule has 1 aromatic carbocycles. The van der Waals surface area contributed by atoms with Crippen molar-refractivity contribution in [3.05, 3.63) is 35.4 Å². The second-order valence-corrected chi connectivity index (χ2v) is 5.00. The predicted octanol–water partition coefficient (Wildman–Crippen LogP) is 0.460. The van der Waals surface area contributed by atoms with Gasteiger partial charge in [0.05, 0.1) is 6.10 Å². The van der Waals surface area contributed by atoms with Crippen LogP contribution in [0, 0.1) is 0 Å². The first-order valence-electron chi connectivity index (χ1n) is 5.31. The summed E-state index contributed by atoms with van der Waals surface area (Å²) in [6.45, 7) is 1.39. The minimum absolute atomic E-state index is 0.119. The van der Waals surface area contributed by atoms with Gasteiger partial charge in [0.25, 0.3) is 0 Å². The van der Waals surface area contributed by atoms with Crippen molar-refractivity contribution in [3.63, 3.8) is 0 Å². The fourth-order valence-corrected chi connectivity index (χ4v) is 1.95. The maximum absolute atomic E-state index is 10.9. The van der Waals surface area contributed by atoms with Gasteiger partial charge in [0, 0.05) is 18.2 Å². The molecule has 0 aliphatic heterocycles. The van der Waals surface area contributed by atoms with Gasteiger partial charge < -0.3 is 15.9 Å². The van der Waals surface area contributed by atoms with E-state index in [9.17, 15) is 19.8 Å². The minimum Gasteiger partial charge on any atom is -0.389 e. The third kappa shape index (κ3) is 4.14. The van der Waals surface area contributed by atoms with Crippen LogP contribution in [0.5, 0.6) is 0 Å². The molecule has 0 aliphatic rings. The highest BCUT2D eigenvalue weighted by atomic mass is 32.2. The van der Waals surface area contributed by atoms with Crippen LogP contribution >= 0.6 is 11.8 Å². The fourth-order valence-electron chi connectivity index (χ4n) is 1.36. The first kappa shape index (κ1) is 14.7. The number of thioether (sulfide) groups is 1. The smallest absolute Gasteiger partial charge is 0.248 e. The van der Waals surface area contributed by atoms with Gasteiger partial charge in [0.2, 0.25) is 5.91 Å². The molecule has 1 rings (SSSR count). The number of nitrogens with two attached hydrogens (primary N) is 1. The Hall–Kier alpha value is -1.37. The molecule has 0 spiro atoms. The average Bonchev–Trinajstić information content (AvgIpc) is 2.35. The van der Waals surface area contributed by atoms with Crippen LogP contribution in [-0.2, 0) is 4.79 Å². The summed E-state index contributed by atoms with van der Waals surface area (Å²) in [5.74, 6) is -0.433. The molecule has 0 bridgehead atoms. The Bertz CT molecular complexity index is 432. The molecule has 5 nitrogen and oxygen atoms in total. The Morgan fingerprint density at radius 1 is 1.28 bits per heavy atom. The van der Waals surface area contributed by atoms with Crippen LogP contribution in [0.3, 0.4) is 0 Å². The lowest BCUT2D eigenvalue weighted by Crippen LogP contribution is -2.21. The van der Waals surface area contributed by atoms with E-state index in [1.54, 1.807) is 0 Å². The molecule has 2 atom stereocenters.